The number of carbonyl (C=O) groups is 2. The summed E-state index contributed by atoms with van der Waals surface area (Å²) in [6.07, 6.45) is 0.572. The topological polar surface area (TPSA) is 46.6 Å². The molecule has 2 aliphatic rings. The van der Waals surface area contributed by atoms with Crippen molar-refractivity contribution in [2.45, 2.75) is 18.9 Å². The number of piperidine rings is 1. The summed E-state index contributed by atoms with van der Waals surface area (Å²) >= 11 is 0. The van der Waals surface area contributed by atoms with Gasteiger partial charge in [-0.2, -0.15) is 0 Å². The van der Waals surface area contributed by atoms with Crippen LogP contribution >= 0.6 is 0 Å². The van der Waals surface area contributed by atoms with Gasteiger partial charge in [0.05, 0.1) is 25.7 Å². The van der Waals surface area contributed by atoms with E-state index in [1.165, 1.54) is 0 Å². The summed E-state index contributed by atoms with van der Waals surface area (Å²) in [6.45, 7) is 1.78. The molecule has 1 amide bonds. The minimum atomic E-state index is -0.0282. The van der Waals surface area contributed by atoms with Gasteiger partial charge in [-0.05, 0) is 0 Å². The second-order valence-corrected chi connectivity index (χ2v) is 3.24. The van der Waals surface area contributed by atoms with E-state index in [1.54, 1.807) is 4.90 Å². The van der Waals surface area contributed by atoms with Gasteiger partial charge in [0.25, 0.3) is 0 Å². The van der Waals surface area contributed by atoms with E-state index in [1.807, 2.05) is 0 Å². The van der Waals surface area contributed by atoms with Gasteiger partial charge in [0.2, 0.25) is 5.91 Å². The molecule has 4 nitrogen and oxygen atoms in total. The van der Waals surface area contributed by atoms with Gasteiger partial charge in [0, 0.05) is 13.0 Å². The molecule has 2 heterocycles. The predicted octanol–water partition coefficient (Wildman–Crippen LogP) is -0.423. The number of fused-ring (bicyclic) bond motifs is 1. The first-order chi connectivity index (χ1) is 5.77. The van der Waals surface area contributed by atoms with Crippen molar-refractivity contribution in [1.82, 2.24) is 4.90 Å². The van der Waals surface area contributed by atoms with Gasteiger partial charge in [-0.3, -0.25) is 9.59 Å². The van der Waals surface area contributed by atoms with Crippen molar-refractivity contribution in [2.75, 3.05) is 19.8 Å². The molecule has 0 aliphatic carbocycles. The zero-order valence-electron chi connectivity index (χ0n) is 6.78. The smallest absolute Gasteiger partial charge is 0.230 e. The predicted molar refractivity (Wildman–Crippen MR) is 40.6 cm³/mol. The number of rotatable bonds is 0. The van der Waals surface area contributed by atoms with E-state index in [9.17, 15) is 9.59 Å². The molecule has 0 N–H and O–H groups in total. The van der Waals surface area contributed by atoms with E-state index in [4.69, 9.17) is 4.74 Å². The normalized spacial score (nSPS) is 30.3. The molecule has 12 heavy (non-hydrogen) atoms. The fourth-order valence-corrected chi connectivity index (χ4v) is 1.76. The Labute approximate surface area is 70.5 Å². The molecule has 0 aromatic heterocycles. The highest BCUT2D eigenvalue weighted by Gasteiger charge is 2.34. The number of hydrogen-bond acceptors (Lipinski definition) is 3. The lowest BCUT2D eigenvalue weighted by atomic mass is 10.0. The molecule has 0 aromatic rings. The third-order valence-corrected chi connectivity index (χ3v) is 2.36. The maximum absolute atomic E-state index is 11.3. The van der Waals surface area contributed by atoms with Crippen molar-refractivity contribution in [1.29, 1.82) is 0 Å². The van der Waals surface area contributed by atoms with Crippen molar-refractivity contribution in [3.05, 3.63) is 0 Å². The molecule has 2 saturated heterocycles. The highest BCUT2D eigenvalue weighted by atomic mass is 16.5. The molecule has 0 aromatic carbocycles. The van der Waals surface area contributed by atoms with Crippen molar-refractivity contribution in [3.8, 4) is 0 Å². The summed E-state index contributed by atoms with van der Waals surface area (Å²) in [5.74, 6) is 0.0197. The first-order valence-electron chi connectivity index (χ1n) is 4.16. The van der Waals surface area contributed by atoms with Gasteiger partial charge < -0.3 is 9.64 Å². The summed E-state index contributed by atoms with van der Waals surface area (Å²) in [5.41, 5.74) is 0. The Balaban J connectivity index is 2.11. The lowest BCUT2D eigenvalue weighted by molar-refractivity contribution is -0.149. The molecule has 4 heteroatoms. The van der Waals surface area contributed by atoms with E-state index in [2.05, 4.69) is 0 Å². The van der Waals surface area contributed by atoms with Crippen molar-refractivity contribution < 1.29 is 14.3 Å². The van der Waals surface area contributed by atoms with Gasteiger partial charge in [0.15, 0.2) is 0 Å². The van der Waals surface area contributed by atoms with E-state index in [-0.39, 0.29) is 24.2 Å². The number of nitrogens with zero attached hydrogens (tertiary/aromatic N) is 1. The zero-order chi connectivity index (χ0) is 8.55. The number of morpholine rings is 1. The van der Waals surface area contributed by atoms with Crippen LogP contribution in [0.1, 0.15) is 12.8 Å². The first-order valence-corrected chi connectivity index (χ1v) is 4.16. The largest absolute Gasteiger partial charge is 0.377 e. The van der Waals surface area contributed by atoms with Gasteiger partial charge in [-0.1, -0.05) is 0 Å². The molecule has 2 fully saturated rings. The molecule has 2 aliphatic heterocycles. The number of amides is 1. The standard InChI is InChI=1S/C8H11NO3/c10-7-3-6-5-12-2-1-9(6)8(11)4-7/h6H,1-5H2. The quantitative estimate of drug-likeness (QED) is 0.462. The fourth-order valence-electron chi connectivity index (χ4n) is 1.76. The molecule has 0 spiro atoms. The summed E-state index contributed by atoms with van der Waals surface area (Å²) in [4.78, 5) is 24.1. The van der Waals surface area contributed by atoms with Gasteiger partial charge in [-0.25, -0.2) is 0 Å². The summed E-state index contributed by atoms with van der Waals surface area (Å²) in [6, 6.07) is 0.0208. The Morgan fingerprint density at radius 3 is 3.08 bits per heavy atom. The average molecular weight is 169 g/mol. The van der Waals surface area contributed by atoms with Crippen LogP contribution in [0, 0.1) is 0 Å². The zero-order valence-corrected chi connectivity index (χ0v) is 6.78. The summed E-state index contributed by atoms with van der Waals surface area (Å²) in [7, 11) is 0. The van der Waals surface area contributed by atoms with Crippen LogP contribution in [0.4, 0.5) is 0 Å². The average Bonchev–Trinajstić information content (AvgIpc) is 2.04. The maximum Gasteiger partial charge on any atom is 0.230 e. The Bertz CT molecular complexity index is 226. The Morgan fingerprint density at radius 1 is 1.42 bits per heavy atom. The molecule has 0 saturated carbocycles. The van der Waals surface area contributed by atoms with Crippen LogP contribution in [-0.2, 0) is 14.3 Å². The van der Waals surface area contributed by atoms with Gasteiger partial charge >= 0.3 is 0 Å². The lowest BCUT2D eigenvalue weighted by Gasteiger charge is -2.38. The molecule has 0 bridgehead atoms. The van der Waals surface area contributed by atoms with E-state index >= 15 is 0 Å². The van der Waals surface area contributed by atoms with Crippen LogP contribution in [0.25, 0.3) is 0 Å². The molecule has 1 unspecified atom stereocenters. The van der Waals surface area contributed by atoms with E-state index in [0.717, 1.165) is 0 Å². The van der Waals surface area contributed by atoms with Crippen molar-refractivity contribution in [3.63, 3.8) is 0 Å². The molecule has 0 radical (unpaired) electrons. The van der Waals surface area contributed by atoms with Crippen LogP contribution in [0.2, 0.25) is 0 Å². The highest BCUT2D eigenvalue weighted by molar-refractivity contribution is 6.00. The second-order valence-electron chi connectivity index (χ2n) is 3.24. The minimum Gasteiger partial charge on any atom is -0.377 e. The number of ether oxygens (including phenoxy) is 1. The fraction of sp³-hybridized carbons (Fsp3) is 0.750. The highest BCUT2D eigenvalue weighted by Crippen LogP contribution is 2.18. The first kappa shape index (κ1) is 7.73. The molecular formula is C8H11NO3. The van der Waals surface area contributed by atoms with Gasteiger partial charge in [-0.15, -0.1) is 0 Å². The van der Waals surface area contributed by atoms with E-state index in [0.29, 0.717) is 26.2 Å². The maximum atomic E-state index is 11.3. The molecule has 66 valence electrons. The van der Waals surface area contributed by atoms with Crippen LogP contribution in [0.15, 0.2) is 0 Å². The summed E-state index contributed by atoms with van der Waals surface area (Å²) in [5, 5.41) is 0. The Morgan fingerprint density at radius 2 is 2.25 bits per heavy atom. The van der Waals surface area contributed by atoms with E-state index < -0.39 is 0 Å². The van der Waals surface area contributed by atoms with Crippen LogP contribution in [0.5, 0.6) is 0 Å². The summed E-state index contributed by atoms with van der Waals surface area (Å²) < 4.78 is 5.19. The second kappa shape index (κ2) is 2.86. The number of ketones is 1. The monoisotopic (exact) mass is 169 g/mol. The Kier molecular flexibility index (Phi) is 1.84. The third-order valence-electron chi connectivity index (χ3n) is 2.36. The number of carbonyl (C=O) groups excluding carboxylic acids is 2. The SMILES string of the molecule is O=C1CC(=O)N2CCOCC2C1. The molecule has 1 atom stereocenters. The molecule has 2 rings (SSSR count). The number of hydrogen-bond donors (Lipinski definition) is 0. The van der Waals surface area contributed by atoms with Crippen LogP contribution in [0.3, 0.4) is 0 Å². The van der Waals surface area contributed by atoms with Crippen molar-refractivity contribution in [2.24, 2.45) is 0 Å². The van der Waals surface area contributed by atoms with Crippen LogP contribution < -0.4 is 0 Å². The Hall–Kier alpha value is -0.900. The number of Topliss-reactive ketones (excluding diaryl/α,β-unsaturated/α-hetero) is 1. The molecular weight excluding hydrogens is 158 g/mol. The van der Waals surface area contributed by atoms with Crippen LogP contribution in [-0.4, -0.2) is 42.4 Å². The van der Waals surface area contributed by atoms with Crippen molar-refractivity contribution >= 4 is 11.7 Å². The van der Waals surface area contributed by atoms with Gasteiger partial charge in [0.1, 0.15) is 5.78 Å². The third kappa shape index (κ3) is 1.22. The minimum absolute atomic E-state index is 0.0208. The lowest BCUT2D eigenvalue weighted by Crippen LogP contribution is -2.53.